The van der Waals surface area contributed by atoms with Crippen molar-refractivity contribution >= 4 is 33.6 Å². The van der Waals surface area contributed by atoms with Gasteiger partial charge in [-0.15, -0.1) is 0 Å². The number of nitrogens with zero attached hydrogens (tertiary/aromatic N) is 4. The van der Waals surface area contributed by atoms with Crippen LogP contribution in [0.2, 0.25) is 0 Å². The van der Waals surface area contributed by atoms with Gasteiger partial charge >= 0.3 is 6.01 Å². The highest BCUT2D eigenvalue weighted by Gasteiger charge is 2.49. The lowest BCUT2D eigenvalue weighted by Crippen LogP contribution is -2.46. The molecule has 0 radical (unpaired) electrons. The van der Waals surface area contributed by atoms with Crippen LogP contribution in [0.25, 0.3) is 39.0 Å². The third kappa shape index (κ3) is 4.26. The monoisotopic (exact) mass is 605 g/mol. The van der Waals surface area contributed by atoms with E-state index >= 15 is 4.39 Å². The third-order valence-corrected chi connectivity index (χ3v) is 9.42. The van der Waals surface area contributed by atoms with E-state index in [-0.39, 0.29) is 76.5 Å². The van der Waals surface area contributed by atoms with Gasteiger partial charge in [0, 0.05) is 36.1 Å². The molecule has 0 bridgehead atoms. The van der Waals surface area contributed by atoms with E-state index in [1.807, 2.05) is 0 Å². The van der Waals surface area contributed by atoms with E-state index in [1.165, 1.54) is 30.3 Å². The summed E-state index contributed by atoms with van der Waals surface area (Å²) in [5, 5.41) is 14.9. The second-order valence-electron chi connectivity index (χ2n) is 12.0. The molecule has 4 atom stereocenters. The summed E-state index contributed by atoms with van der Waals surface area (Å²) in [6, 6.07) is 5.19. The number of aromatic hydroxyl groups is 1. The van der Waals surface area contributed by atoms with E-state index in [4.69, 9.17) is 14.2 Å². The highest BCUT2D eigenvalue weighted by atomic mass is 19.1. The van der Waals surface area contributed by atoms with E-state index in [1.54, 1.807) is 0 Å². The van der Waals surface area contributed by atoms with Crippen molar-refractivity contribution in [3.8, 4) is 28.9 Å². The topological polar surface area (TPSA) is 102 Å². The Bertz CT molecular complexity index is 1840. The summed E-state index contributed by atoms with van der Waals surface area (Å²) in [6.07, 6.45) is 3.19. The molecule has 2 aromatic carbocycles. The van der Waals surface area contributed by atoms with Gasteiger partial charge in [-0.1, -0.05) is 18.7 Å². The molecule has 0 spiro atoms. The number of pyridine rings is 1. The Balaban J connectivity index is 1.30. The van der Waals surface area contributed by atoms with Gasteiger partial charge in [0.05, 0.1) is 17.7 Å². The largest absolute Gasteiger partial charge is 0.508 e. The van der Waals surface area contributed by atoms with E-state index in [0.29, 0.717) is 30.3 Å². The zero-order valence-electron chi connectivity index (χ0n) is 23.8. The Labute approximate surface area is 250 Å². The van der Waals surface area contributed by atoms with E-state index in [0.717, 1.165) is 25.8 Å². The molecule has 2 aromatic heterocycles. The van der Waals surface area contributed by atoms with Gasteiger partial charge in [-0.25, -0.2) is 18.2 Å². The molecule has 0 aliphatic carbocycles. The van der Waals surface area contributed by atoms with Crippen molar-refractivity contribution < 1.29 is 32.5 Å². The van der Waals surface area contributed by atoms with Crippen LogP contribution in [0.1, 0.15) is 31.2 Å². The number of hydrogen-bond acceptors (Lipinski definition) is 9. The van der Waals surface area contributed by atoms with Gasteiger partial charge in [-0.2, -0.15) is 9.97 Å². The van der Waals surface area contributed by atoms with Crippen molar-refractivity contribution in [1.82, 2.24) is 19.9 Å². The van der Waals surface area contributed by atoms with Gasteiger partial charge in [0.2, 0.25) is 5.88 Å². The zero-order valence-corrected chi connectivity index (χ0v) is 23.8. The van der Waals surface area contributed by atoms with Crippen LogP contribution in [0.5, 0.6) is 17.6 Å². The van der Waals surface area contributed by atoms with Crippen LogP contribution in [0.15, 0.2) is 30.8 Å². The molecule has 8 rings (SSSR count). The van der Waals surface area contributed by atoms with Gasteiger partial charge in [-0.05, 0) is 49.4 Å². The first-order valence-electron chi connectivity index (χ1n) is 14.9. The molecule has 3 saturated heterocycles. The van der Waals surface area contributed by atoms with E-state index in [2.05, 4.69) is 31.7 Å². The second-order valence-corrected chi connectivity index (χ2v) is 12.0. The van der Waals surface area contributed by atoms with Gasteiger partial charge in [0.25, 0.3) is 0 Å². The number of phenolic OH excluding ortho intramolecular Hbond substituents is 1. The van der Waals surface area contributed by atoms with Crippen LogP contribution in [-0.4, -0.2) is 81.7 Å². The minimum Gasteiger partial charge on any atom is -0.508 e. The number of aromatic nitrogens is 3. The Morgan fingerprint density at radius 2 is 2.07 bits per heavy atom. The van der Waals surface area contributed by atoms with E-state index < -0.39 is 23.3 Å². The zero-order chi connectivity index (χ0) is 30.2. The molecule has 228 valence electrons. The summed E-state index contributed by atoms with van der Waals surface area (Å²) in [4.78, 5) is 15.8. The molecule has 4 aliphatic rings. The molecule has 4 aromatic rings. The molecule has 6 heterocycles. The van der Waals surface area contributed by atoms with Gasteiger partial charge < -0.3 is 24.6 Å². The fraction of sp³-hybridized carbons (Fsp3) is 0.406. The number of benzene rings is 2. The quantitative estimate of drug-likeness (QED) is 0.300. The van der Waals surface area contributed by atoms with Crippen LogP contribution >= 0.6 is 0 Å². The average molecular weight is 606 g/mol. The maximum Gasteiger partial charge on any atom is 0.319 e. The van der Waals surface area contributed by atoms with E-state index in [9.17, 15) is 13.9 Å². The number of alkyl halides is 1. The lowest BCUT2D eigenvalue weighted by atomic mass is 9.95. The Hall–Kier alpha value is -4.16. The molecule has 0 amide bonds. The minimum atomic E-state index is -0.931. The van der Waals surface area contributed by atoms with Crippen molar-refractivity contribution in [3.05, 3.63) is 48.0 Å². The molecule has 0 saturated carbocycles. The summed E-state index contributed by atoms with van der Waals surface area (Å²) in [7, 11) is 0. The predicted octanol–water partition coefficient (Wildman–Crippen LogP) is 5.39. The fourth-order valence-electron chi connectivity index (χ4n) is 7.22. The fourth-order valence-corrected chi connectivity index (χ4v) is 7.22. The summed E-state index contributed by atoms with van der Waals surface area (Å²) < 4.78 is 64.1. The van der Waals surface area contributed by atoms with Crippen LogP contribution in [0.4, 0.5) is 19.0 Å². The van der Waals surface area contributed by atoms with Gasteiger partial charge in [0.1, 0.15) is 53.4 Å². The summed E-state index contributed by atoms with van der Waals surface area (Å²) in [6.45, 7) is 5.86. The second kappa shape index (κ2) is 10.2. The number of phenols is 1. The minimum absolute atomic E-state index is 0.0701. The number of rotatable bonds is 6. The normalized spacial score (nSPS) is 26.1. The first-order chi connectivity index (χ1) is 21.3. The first kappa shape index (κ1) is 27.4. The lowest BCUT2D eigenvalue weighted by molar-refractivity contribution is -0.0663. The van der Waals surface area contributed by atoms with Crippen molar-refractivity contribution in [3.63, 3.8) is 0 Å². The maximum absolute atomic E-state index is 16.7. The van der Waals surface area contributed by atoms with Gasteiger partial charge in [-0.3, -0.25) is 4.90 Å². The summed E-state index contributed by atoms with van der Waals surface area (Å²) in [5.41, 5.74) is -0.467. The number of anilines is 1. The molecule has 9 nitrogen and oxygen atoms in total. The van der Waals surface area contributed by atoms with Crippen molar-refractivity contribution in [2.45, 2.75) is 49.5 Å². The molecule has 3 fully saturated rings. The number of halogens is 3. The first-order valence-corrected chi connectivity index (χ1v) is 14.9. The van der Waals surface area contributed by atoms with Crippen molar-refractivity contribution in [1.29, 1.82) is 0 Å². The van der Waals surface area contributed by atoms with Crippen molar-refractivity contribution in [2.75, 3.05) is 38.2 Å². The standard InChI is InChI=1S/C32H30F3N5O4/c1-2-19-21(34)5-4-16-10-18(41)11-20(24(16)19)27-26(35)28-25-29(36-22(23-6-9-42-23)14-43-30(25)37-27)39-31(38-28)44-15-32-7-3-8-40(32)13-17(33)12-32/h2,4-5,10-11,17,22-23,41H,1,3,6-9,12-15H2,(H,36,38,39)/t17-,22-,23-,32+/m1/s1. The van der Waals surface area contributed by atoms with Crippen LogP contribution in [0.3, 0.4) is 0 Å². The van der Waals surface area contributed by atoms with Crippen LogP contribution < -0.4 is 14.8 Å². The average Bonchev–Trinajstić information content (AvgIpc) is 3.43. The van der Waals surface area contributed by atoms with Crippen molar-refractivity contribution in [2.24, 2.45) is 0 Å². The number of hydrogen-bond donors (Lipinski definition) is 2. The number of nitrogens with one attached hydrogen (secondary N) is 1. The summed E-state index contributed by atoms with van der Waals surface area (Å²) in [5.74, 6) is -1.16. The molecular formula is C32H30F3N5O4. The van der Waals surface area contributed by atoms with Gasteiger partial charge in [0.15, 0.2) is 5.82 Å². The molecule has 12 heteroatoms. The SMILES string of the molecule is C=Cc1c(F)ccc2cc(O)cc(-c3nc4c5c(nc(OC[C@@]67CCCN6C[C@H](F)C7)nc5c3F)N[C@@H]([C@H]3CCO3)CO4)c12. The number of fused-ring (bicyclic) bond motifs is 2. The molecule has 44 heavy (non-hydrogen) atoms. The highest BCUT2D eigenvalue weighted by Crippen LogP contribution is 2.44. The smallest absolute Gasteiger partial charge is 0.319 e. The Kier molecular flexibility index (Phi) is 6.35. The summed E-state index contributed by atoms with van der Waals surface area (Å²) >= 11 is 0. The van der Waals surface area contributed by atoms with Crippen LogP contribution in [-0.2, 0) is 4.74 Å². The Morgan fingerprint density at radius 1 is 1.20 bits per heavy atom. The molecule has 2 N–H and O–H groups in total. The highest BCUT2D eigenvalue weighted by molar-refractivity contribution is 6.05. The maximum atomic E-state index is 16.7. The Morgan fingerprint density at radius 3 is 2.86 bits per heavy atom. The lowest BCUT2D eigenvalue weighted by Gasteiger charge is -2.33. The molecule has 4 aliphatic heterocycles. The predicted molar refractivity (Wildman–Crippen MR) is 158 cm³/mol. The van der Waals surface area contributed by atoms with Crippen LogP contribution in [0, 0.1) is 11.6 Å². The molecule has 0 unspecified atom stereocenters. The third-order valence-electron chi connectivity index (χ3n) is 9.42. The molecular weight excluding hydrogens is 575 g/mol. The number of ether oxygens (including phenoxy) is 3.